The van der Waals surface area contributed by atoms with E-state index in [4.69, 9.17) is 9.15 Å². The Morgan fingerprint density at radius 2 is 2.00 bits per heavy atom. The van der Waals surface area contributed by atoms with E-state index in [9.17, 15) is 9.18 Å². The Labute approximate surface area is 191 Å². The lowest BCUT2D eigenvalue weighted by atomic mass is 10.2. The van der Waals surface area contributed by atoms with E-state index >= 15 is 0 Å². The number of amides is 1. The van der Waals surface area contributed by atoms with Gasteiger partial charge in [-0.2, -0.15) is 0 Å². The second-order valence-corrected chi connectivity index (χ2v) is 8.65. The summed E-state index contributed by atoms with van der Waals surface area (Å²) in [6.07, 6.45) is 0. The highest BCUT2D eigenvalue weighted by Gasteiger charge is 2.14. The van der Waals surface area contributed by atoms with Crippen LogP contribution in [0.15, 0.2) is 58.2 Å². The third-order valence-corrected chi connectivity index (χ3v) is 6.08. The Balaban J connectivity index is 1.24. The van der Waals surface area contributed by atoms with Gasteiger partial charge in [-0.15, -0.1) is 20.4 Å². The van der Waals surface area contributed by atoms with Crippen LogP contribution < -0.4 is 10.1 Å². The summed E-state index contributed by atoms with van der Waals surface area (Å²) in [6, 6.07) is 13.6. The van der Waals surface area contributed by atoms with Crippen molar-refractivity contribution in [1.82, 2.24) is 25.7 Å². The van der Waals surface area contributed by atoms with Crippen LogP contribution in [0.2, 0.25) is 0 Å². The Kier molecular flexibility index (Phi) is 7.07. The molecule has 32 heavy (non-hydrogen) atoms. The van der Waals surface area contributed by atoms with Crippen molar-refractivity contribution in [1.29, 1.82) is 0 Å². The van der Waals surface area contributed by atoms with Crippen LogP contribution in [-0.4, -0.2) is 26.3 Å². The van der Waals surface area contributed by atoms with Crippen molar-refractivity contribution in [2.75, 3.05) is 0 Å². The summed E-state index contributed by atoms with van der Waals surface area (Å²) < 4.78 is 24.2. The van der Waals surface area contributed by atoms with Gasteiger partial charge in [0.25, 0.3) is 17.0 Å². The van der Waals surface area contributed by atoms with Crippen molar-refractivity contribution in [2.24, 2.45) is 0 Å². The minimum absolute atomic E-state index is 0.175. The number of carbonyl (C=O) groups is 1. The maximum Gasteiger partial charge on any atom is 0.282 e. The molecule has 1 amide bonds. The van der Waals surface area contributed by atoms with Crippen LogP contribution in [0.5, 0.6) is 5.75 Å². The molecule has 0 unspecified atom stereocenters. The van der Waals surface area contributed by atoms with Gasteiger partial charge in [0.1, 0.15) is 16.6 Å². The normalized spacial score (nSPS) is 10.8. The first-order chi connectivity index (χ1) is 15.5. The molecule has 2 heterocycles. The number of halogens is 1. The fourth-order valence-electron chi connectivity index (χ4n) is 2.59. The van der Waals surface area contributed by atoms with E-state index in [0.29, 0.717) is 21.9 Å². The standard InChI is InChI=1S/C21H18FN5O3S2/c1-13-3-2-4-16(9-13)29-11-17-24-27-21(30-17)31-12-18-25-26-20(32-18)19(28)23-10-14-5-7-15(22)8-6-14/h2-9H,10-12H2,1H3,(H,23,28). The molecule has 0 radical (unpaired) electrons. The van der Waals surface area contributed by atoms with Gasteiger partial charge in [0, 0.05) is 6.54 Å². The number of ether oxygens (including phenoxy) is 1. The lowest BCUT2D eigenvalue weighted by Crippen LogP contribution is -2.22. The third kappa shape index (κ3) is 6.11. The van der Waals surface area contributed by atoms with Crippen molar-refractivity contribution in [2.45, 2.75) is 31.1 Å². The molecule has 8 nitrogen and oxygen atoms in total. The van der Waals surface area contributed by atoms with Gasteiger partial charge in [-0.1, -0.05) is 47.4 Å². The minimum atomic E-state index is -0.337. The number of hydrogen-bond donors (Lipinski definition) is 1. The molecule has 0 aliphatic heterocycles. The summed E-state index contributed by atoms with van der Waals surface area (Å²) in [5, 5.41) is 19.9. The number of aryl methyl sites for hydroxylation is 1. The predicted molar refractivity (Wildman–Crippen MR) is 117 cm³/mol. The molecule has 4 aromatic rings. The zero-order chi connectivity index (χ0) is 22.3. The highest BCUT2D eigenvalue weighted by Crippen LogP contribution is 2.24. The number of aromatic nitrogens is 4. The quantitative estimate of drug-likeness (QED) is 0.363. The van der Waals surface area contributed by atoms with Crippen LogP contribution in [0.1, 0.15) is 31.8 Å². The van der Waals surface area contributed by atoms with E-state index in [1.807, 2.05) is 31.2 Å². The summed E-state index contributed by atoms with van der Waals surface area (Å²) in [6.45, 7) is 2.44. The first kappa shape index (κ1) is 21.9. The summed E-state index contributed by atoms with van der Waals surface area (Å²) >= 11 is 2.48. The average molecular weight is 472 g/mol. The summed E-state index contributed by atoms with van der Waals surface area (Å²) in [4.78, 5) is 12.2. The predicted octanol–water partition coefficient (Wildman–Crippen LogP) is 4.17. The molecule has 2 aromatic heterocycles. The minimum Gasteiger partial charge on any atom is -0.484 e. The molecule has 0 aliphatic carbocycles. The van der Waals surface area contributed by atoms with Crippen LogP contribution in [-0.2, 0) is 18.9 Å². The number of benzene rings is 2. The molecule has 4 rings (SSSR count). The maximum atomic E-state index is 12.9. The molecule has 164 valence electrons. The first-order valence-electron chi connectivity index (χ1n) is 9.55. The summed E-state index contributed by atoms with van der Waals surface area (Å²) in [5.41, 5.74) is 1.89. The van der Waals surface area contributed by atoms with Crippen LogP contribution in [0.3, 0.4) is 0 Å². The molecule has 1 N–H and O–H groups in total. The first-order valence-corrected chi connectivity index (χ1v) is 11.3. The van der Waals surface area contributed by atoms with Crippen molar-refractivity contribution in [3.8, 4) is 5.75 Å². The van der Waals surface area contributed by atoms with E-state index in [2.05, 4.69) is 25.7 Å². The van der Waals surface area contributed by atoms with Gasteiger partial charge in [0.05, 0.1) is 5.75 Å². The molecular weight excluding hydrogens is 453 g/mol. The lowest BCUT2D eigenvalue weighted by Gasteiger charge is -2.03. The van der Waals surface area contributed by atoms with Crippen molar-refractivity contribution in [3.05, 3.63) is 81.4 Å². The topological polar surface area (TPSA) is 103 Å². The zero-order valence-electron chi connectivity index (χ0n) is 16.9. The molecule has 0 saturated heterocycles. The second-order valence-electron chi connectivity index (χ2n) is 6.67. The van der Waals surface area contributed by atoms with Gasteiger partial charge >= 0.3 is 0 Å². The number of rotatable bonds is 9. The Bertz CT molecular complexity index is 1200. The largest absolute Gasteiger partial charge is 0.484 e. The maximum absolute atomic E-state index is 12.9. The lowest BCUT2D eigenvalue weighted by molar-refractivity contribution is 0.0950. The fraction of sp³-hybridized carbons (Fsp3) is 0.190. The van der Waals surface area contributed by atoms with Crippen LogP contribution in [0, 0.1) is 12.7 Å². The second kappa shape index (κ2) is 10.3. The monoisotopic (exact) mass is 471 g/mol. The van der Waals surface area contributed by atoms with Gasteiger partial charge in [0.2, 0.25) is 5.01 Å². The molecule has 0 saturated carbocycles. The third-order valence-electron chi connectivity index (χ3n) is 4.15. The molecule has 0 aliphatic rings. The van der Waals surface area contributed by atoms with Crippen LogP contribution in [0.4, 0.5) is 4.39 Å². The van der Waals surface area contributed by atoms with E-state index < -0.39 is 0 Å². The van der Waals surface area contributed by atoms with E-state index in [1.165, 1.54) is 35.2 Å². The molecule has 0 spiro atoms. The summed E-state index contributed by atoms with van der Waals surface area (Å²) in [7, 11) is 0. The Hall–Kier alpha value is -3.31. The number of carbonyl (C=O) groups excluding carboxylic acids is 1. The SMILES string of the molecule is Cc1cccc(OCc2nnc(SCc3nnc(C(=O)NCc4ccc(F)cc4)s3)o2)c1. The van der Waals surface area contributed by atoms with Gasteiger partial charge in [-0.3, -0.25) is 4.79 Å². The Morgan fingerprint density at radius 1 is 1.16 bits per heavy atom. The number of thioether (sulfide) groups is 1. The molecule has 0 fully saturated rings. The van der Waals surface area contributed by atoms with E-state index in [1.54, 1.807) is 12.1 Å². The molecule has 0 bridgehead atoms. The van der Waals surface area contributed by atoms with Crippen LogP contribution in [0.25, 0.3) is 0 Å². The smallest absolute Gasteiger partial charge is 0.282 e. The number of hydrogen-bond acceptors (Lipinski definition) is 9. The van der Waals surface area contributed by atoms with Gasteiger partial charge in [0.15, 0.2) is 6.61 Å². The van der Waals surface area contributed by atoms with Crippen LogP contribution >= 0.6 is 23.1 Å². The molecule has 11 heteroatoms. The van der Waals surface area contributed by atoms with E-state index in [-0.39, 0.29) is 29.9 Å². The van der Waals surface area contributed by atoms with Gasteiger partial charge < -0.3 is 14.5 Å². The van der Waals surface area contributed by atoms with Gasteiger partial charge in [-0.05, 0) is 42.3 Å². The summed E-state index contributed by atoms with van der Waals surface area (Å²) in [5.74, 6) is 0.877. The Morgan fingerprint density at radius 3 is 2.81 bits per heavy atom. The number of nitrogens with one attached hydrogen (secondary N) is 1. The fourth-order valence-corrected chi connectivity index (χ4v) is 4.11. The molecule has 2 aromatic carbocycles. The van der Waals surface area contributed by atoms with Crippen molar-refractivity contribution in [3.63, 3.8) is 0 Å². The van der Waals surface area contributed by atoms with Gasteiger partial charge in [-0.25, -0.2) is 4.39 Å². The van der Waals surface area contributed by atoms with E-state index in [0.717, 1.165) is 16.9 Å². The molecule has 0 atom stereocenters. The zero-order valence-corrected chi connectivity index (χ0v) is 18.6. The highest BCUT2D eigenvalue weighted by atomic mass is 32.2. The van der Waals surface area contributed by atoms with Crippen molar-refractivity contribution < 1.29 is 18.3 Å². The molecular formula is C21H18FN5O3S2. The highest BCUT2D eigenvalue weighted by molar-refractivity contribution is 7.98. The van der Waals surface area contributed by atoms with Crippen molar-refractivity contribution >= 4 is 29.0 Å². The number of nitrogens with zero attached hydrogens (tertiary/aromatic N) is 4. The average Bonchev–Trinajstić information content (AvgIpc) is 3.45.